The molecule has 0 saturated carbocycles. The van der Waals surface area contributed by atoms with Crippen LogP contribution in [-0.4, -0.2) is 67.1 Å². The minimum absolute atomic E-state index is 0.00624. The van der Waals surface area contributed by atoms with Crippen LogP contribution in [0.4, 0.5) is 4.79 Å². The fourth-order valence-corrected chi connectivity index (χ4v) is 2.09. The van der Waals surface area contributed by atoms with E-state index in [4.69, 9.17) is 14.6 Å². The number of carboxylic acid groups (broad SMARTS) is 1. The summed E-state index contributed by atoms with van der Waals surface area (Å²) in [5.41, 5.74) is 0. The minimum atomic E-state index is -0.949. The van der Waals surface area contributed by atoms with Gasteiger partial charge in [0.25, 0.3) is 0 Å². The molecular formula is C12H22N2O5. The van der Waals surface area contributed by atoms with Crippen molar-refractivity contribution >= 4 is 12.0 Å². The molecule has 0 aromatic carbocycles. The number of rotatable bonds is 5. The van der Waals surface area contributed by atoms with Crippen LogP contribution in [-0.2, 0) is 14.3 Å². The number of carbonyl (C=O) groups excluding carboxylic acids is 1. The SMILES string of the molecule is COC(CNC(=O)N1C[C@@H](C)O[C@@H](C)C1)CC(=O)O. The van der Waals surface area contributed by atoms with Crippen LogP contribution in [0.25, 0.3) is 0 Å². The Hall–Kier alpha value is -1.34. The van der Waals surface area contributed by atoms with Gasteiger partial charge in [0.05, 0.1) is 24.7 Å². The number of urea groups is 1. The Morgan fingerprint density at radius 2 is 2.00 bits per heavy atom. The van der Waals surface area contributed by atoms with E-state index >= 15 is 0 Å². The maximum atomic E-state index is 12.0. The zero-order valence-corrected chi connectivity index (χ0v) is 11.6. The smallest absolute Gasteiger partial charge is 0.317 e. The van der Waals surface area contributed by atoms with Crippen molar-refractivity contribution in [2.45, 2.75) is 38.6 Å². The lowest BCUT2D eigenvalue weighted by atomic mass is 10.2. The molecule has 19 heavy (non-hydrogen) atoms. The van der Waals surface area contributed by atoms with E-state index in [0.717, 1.165) is 0 Å². The molecule has 0 spiro atoms. The third-order valence-electron chi connectivity index (χ3n) is 2.92. The molecule has 0 aliphatic carbocycles. The molecule has 0 bridgehead atoms. The Morgan fingerprint density at radius 1 is 1.42 bits per heavy atom. The molecule has 1 aliphatic heterocycles. The predicted octanol–water partition coefficient (Wildman–Crippen LogP) is 0.295. The summed E-state index contributed by atoms with van der Waals surface area (Å²) in [4.78, 5) is 24.2. The molecule has 1 unspecified atom stereocenters. The highest BCUT2D eigenvalue weighted by Gasteiger charge is 2.26. The summed E-state index contributed by atoms with van der Waals surface area (Å²) >= 11 is 0. The first kappa shape index (κ1) is 15.7. The topological polar surface area (TPSA) is 88.1 Å². The monoisotopic (exact) mass is 274 g/mol. The number of amides is 2. The van der Waals surface area contributed by atoms with Gasteiger partial charge in [0.1, 0.15) is 0 Å². The van der Waals surface area contributed by atoms with Crippen LogP contribution in [0.1, 0.15) is 20.3 Å². The second-order valence-electron chi connectivity index (χ2n) is 4.80. The van der Waals surface area contributed by atoms with Crippen molar-refractivity contribution in [2.24, 2.45) is 0 Å². The van der Waals surface area contributed by atoms with E-state index in [-0.39, 0.29) is 31.2 Å². The van der Waals surface area contributed by atoms with Crippen molar-refractivity contribution in [3.05, 3.63) is 0 Å². The Kier molecular flexibility index (Phi) is 6.04. The van der Waals surface area contributed by atoms with E-state index in [1.165, 1.54) is 7.11 Å². The Morgan fingerprint density at radius 3 is 2.47 bits per heavy atom. The fraction of sp³-hybridized carbons (Fsp3) is 0.833. The van der Waals surface area contributed by atoms with Gasteiger partial charge in [-0.05, 0) is 13.8 Å². The molecule has 7 nitrogen and oxygen atoms in total. The molecule has 1 heterocycles. The molecule has 1 aliphatic rings. The van der Waals surface area contributed by atoms with Crippen molar-refractivity contribution in [3.63, 3.8) is 0 Å². The molecule has 110 valence electrons. The highest BCUT2D eigenvalue weighted by molar-refractivity contribution is 5.74. The molecule has 1 fully saturated rings. The van der Waals surface area contributed by atoms with Gasteiger partial charge in [0.15, 0.2) is 0 Å². The number of carboxylic acids is 1. The third-order valence-corrected chi connectivity index (χ3v) is 2.92. The van der Waals surface area contributed by atoms with Gasteiger partial charge in [-0.3, -0.25) is 4.79 Å². The first-order valence-corrected chi connectivity index (χ1v) is 6.35. The zero-order chi connectivity index (χ0) is 14.4. The van der Waals surface area contributed by atoms with Gasteiger partial charge in [0, 0.05) is 26.7 Å². The summed E-state index contributed by atoms with van der Waals surface area (Å²) in [7, 11) is 1.43. The van der Waals surface area contributed by atoms with Crippen LogP contribution in [0.15, 0.2) is 0 Å². The summed E-state index contributed by atoms with van der Waals surface area (Å²) < 4.78 is 10.5. The highest BCUT2D eigenvalue weighted by atomic mass is 16.5. The molecule has 3 atom stereocenters. The summed E-state index contributed by atoms with van der Waals surface area (Å²) in [6.45, 7) is 5.08. The van der Waals surface area contributed by atoms with Crippen LogP contribution in [0.3, 0.4) is 0 Å². The van der Waals surface area contributed by atoms with Crippen LogP contribution in [0.2, 0.25) is 0 Å². The van der Waals surface area contributed by atoms with Crippen LogP contribution >= 0.6 is 0 Å². The number of aliphatic carboxylic acids is 1. The minimum Gasteiger partial charge on any atom is -0.481 e. The largest absolute Gasteiger partial charge is 0.481 e. The zero-order valence-electron chi connectivity index (χ0n) is 11.6. The molecule has 0 radical (unpaired) electrons. The maximum Gasteiger partial charge on any atom is 0.317 e. The lowest BCUT2D eigenvalue weighted by Crippen LogP contribution is -2.52. The molecule has 0 aromatic rings. The third kappa shape index (κ3) is 5.44. The van der Waals surface area contributed by atoms with E-state index in [2.05, 4.69) is 5.32 Å². The number of ether oxygens (including phenoxy) is 2. The molecule has 2 N–H and O–H groups in total. The highest BCUT2D eigenvalue weighted by Crippen LogP contribution is 2.10. The quantitative estimate of drug-likeness (QED) is 0.752. The van der Waals surface area contributed by atoms with E-state index in [9.17, 15) is 9.59 Å². The van der Waals surface area contributed by atoms with Crippen molar-refractivity contribution in [1.82, 2.24) is 10.2 Å². The number of hydrogen-bond donors (Lipinski definition) is 2. The molecule has 1 rings (SSSR count). The van der Waals surface area contributed by atoms with Gasteiger partial charge in [-0.25, -0.2) is 4.79 Å². The van der Waals surface area contributed by atoms with Gasteiger partial charge in [-0.1, -0.05) is 0 Å². The summed E-state index contributed by atoms with van der Waals surface area (Å²) in [6, 6.07) is -0.213. The number of nitrogens with zero attached hydrogens (tertiary/aromatic N) is 1. The maximum absolute atomic E-state index is 12.0. The Balaban J connectivity index is 2.39. The Labute approximate surface area is 112 Å². The standard InChI is InChI=1S/C12H22N2O5/c1-8-6-14(7-9(2)19-8)12(17)13-5-10(18-3)4-11(15)16/h8-10H,4-7H2,1-3H3,(H,13,17)(H,15,16)/t8-,9+,10?. The van der Waals surface area contributed by atoms with Crippen molar-refractivity contribution in [1.29, 1.82) is 0 Å². The van der Waals surface area contributed by atoms with Crippen molar-refractivity contribution in [3.8, 4) is 0 Å². The van der Waals surface area contributed by atoms with Crippen LogP contribution in [0, 0.1) is 0 Å². The van der Waals surface area contributed by atoms with Gasteiger partial charge in [-0.15, -0.1) is 0 Å². The normalized spacial score (nSPS) is 24.9. The van der Waals surface area contributed by atoms with Crippen LogP contribution in [0.5, 0.6) is 0 Å². The number of hydrogen-bond acceptors (Lipinski definition) is 4. The second-order valence-corrected chi connectivity index (χ2v) is 4.80. The Bertz CT molecular complexity index is 313. The number of carbonyl (C=O) groups is 2. The van der Waals surface area contributed by atoms with E-state index < -0.39 is 12.1 Å². The number of nitrogens with one attached hydrogen (secondary N) is 1. The summed E-state index contributed by atoms with van der Waals surface area (Å²) in [6.07, 6.45) is -0.636. The van der Waals surface area contributed by atoms with Crippen LogP contribution < -0.4 is 5.32 Å². The first-order valence-electron chi connectivity index (χ1n) is 6.35. The van der Waals surface area contributed by atoms with Crippen molar-refractivity contribution < 1.29 is 24.2 Å². The molecule has 0 aromatic heterocycles. The van der Waals surface area contributed by atoms with E-state index in [1.54, 1.807) is 4.90 Å². The number of methoxy groups -OCH3 is 1. The van der Waals surface area contributed by atoms with Gasteiger partial charge in [-0.2, -0.15) is 0 Å². The molecule has 1 saturated heterocycles. The van der Waals surface area contributed by atoms with Gasteiger partial charge >= 0.3 is 12.0 Å². The molecule has 7 heteroatoms. The van der Waals surface area contributed by atoms with E-state index in [1.807, 2.05) is 13.8 Å². The predicted molar refractivity (Wildman–Crippen MR) is 68.0 cm³/mol. The fourth-order valence-electron chi connectivity index (χ4n) is 2.09. The second kappa shape index (κ2) is 7.30. The first-order chi connectivity index (χ1) is 8.92. The summed E-state index contributed by atoms with van der Waals surface area (Å²) in [5.74, 6) is -0.949. The lowest BCUT2D eigenvalue weighted by Gasteiger charge is -2.35. The van der Waals surface area contributed by atoms with Gasteiger partial charge in [0.2, 0.25) is 0 Å². The number of morpholine rings is 1. The molecular weight excluding hydrogens is 252 g/mol. The molecule has 2 amide bonds. The van der Waals surface area contributed by atoms with Gasteiger partial charge < -0.3 is 24.8 Å². The lowest BCUT2D eigenvalue weighted by molar-refractivity contribution is -0.139. The van der Waals surface area contributed by atoms with Crippen molar-refractivity contribution in [2.75, 3.05) is 26.7 Å². The summed E-state index contributed by atoms with van der Waals surface area (Å²) in [5, 5.41) is 11.4. The average molecular weight is 274 g/mol. The average Bonchev–Trinajstić information content (AvgIpc) is 2.32. The van der Waals surface area contributed by atoms with E-state index in [0.29, 0.717) is 13.1 Å².